The fraction of sp³-hybridized carbons (Fsp3) is 0.375. The van der Waals surface area contributed by atoms with E-state index < -0.39 is 0 Å². The van der Waals surface area contributed by atoms with E-state index >= 15 is 0 Å². The molecule has 0 bridgehead atoms. The Morgan fingerprint density at radius 2 is 2.42 bits per heavy atom. The standard InChI is InChI=1S/C8H9ClN2O/c1-4-5-11(3)8-7(9)6(2)12-10-8/h1H,5H2,2-3H3. The third kappa shape index (κ3) is 1.54. The van der Waals surface area contributed by atoms with Crippen LogP contribution in [0.2, 0.25) is 5.02 Å². The summed E-state index contributed by atoms with van der Waals surface area (Å²) in [4.78, 5) is 1.75. The maximum Gasteiger partial charge on any atom is 0.191 e. The van der Waals surface area contributed by atoms with Crippen molar-refractivity contribution in [3.05, 3.63) is 10.8 Å². The van der Waals surface area contributed by atoms with Gasteiger partial charge in [-0.2, -0.15) is 0 Å². The fourth-order valence-corrected chi connectivity index (χ4v) is 1.01. The molecule has 0 aliphatic carbocycles. The number of halogens is 1. The first-order chi connectivity index (χ1) is 5.66. The Hall–Kier alpha value is -1.14. The Bertz CT molecular complexity index is 313. The number of hydrogen-bond donors (Lipinski definition) is 0. The van der Waals surface area contributed by atoms with Gasteiger partial charge in [-0.15, -0.1) is 6.42 Å². The molecule has 1 rings (SSSR count). The summed E-state index contributed by atoms with van der Waals surface area (Å²) >= 11 is 5.87. The average Bonchev–Trinajstić information content (AvgIpc) is 2.34. The van der Waals surface area contributed by atoms with Crippen LogP contribution in [0, 0.1) is 19.3 Å². The Kier molecular flexibility index (Phi) is 2.61. The van der Waals surface area contributed by atoms with E-state index in [1.54, 1.807) is 11.8 Å². The van der Waals surface area contributed by atoms with Crippen molar-refractivity contribution < 1.29 is 4.52 Å². The Balaban J connectivity index is 2.89. The van der Waals surface area contributed by atoms with Gasteiger partial charge in [-0.05, 0) is 6.92 Å². The number of hydrogen-bond acceptors (Lipinski definition) is 3. The third-order valence-corrected chi connectivity index (χ3v) is 1.90. The van der Waals surface area contributed by atoms with Gasteiger partial charge in [0, 0.05) is 7.05 Å². The number of nitrogens with zero attached hydrogens (tertiary/aromatic N) is 2. The predicted molar refractivity (Wildman–Crippen MR) is 48.4 cm³/mol. The van der Waals surface area contributed by atoms with Gasteiger partial charge < -0.3 is 9.42 Å². The van der Waals surface area contributed by atoms with Crippen molar-refractivity contribution in [3.63, 3.8) is 0 Å². The Labute approximate surface area is 76.3 Å². The second-order valence-electron chi connectivity index (χ2n) is 2.44. The Morgan fingerprint density at radius 3 is 2.83 bits per heavy atom. The largest absolute Gasteiger partial charge is 0.358 e. The third-order valence-electron chi connectivity index (χ3n) is 1.46. The zero-order chi connectivity index (χ0) is 9.14. The van der Waals surface area contributed by atoms with E-state index in [1.165, 1.54) is 0 Å². The first kappa shape index (κ1) is 8.95. The van der Waals surface area contributed by atoms with Crippen LogP contribution in [0.15, 0.2) is 4.52 Å². The second kappa shape index (κ2) is 3.51. The molecule has 3 nitrogen and oxygen atoms in total. The highest BCUT2D eigenvalue weighted by Gasteiger charge is 2.12. The van der Waals surface area contributed by atoms with Gasteiger partial charge in [0.05, 0.1) is 6.54 Å². The molecular weight excluding hydrogens is 176 g/mol. The molecule has 0 saturated carbocycles. The highest BCUT2D eigenvalue weighted by Crippen LogP contribution is 2.26. The normalized spacial score (nSPS) is 9.50. The van der Waals surface area contributed by atoms with Gasteiger partial charge in [0.2, 0.25) is 0 Å². The molecule has 1 aromatic heterocycles. The zero-order valence-corrected chi connectivity index (χ0v) is 7.72. The second-order valence-corrected chi connectivity index (χ2v) is 2.81. The van der Waals surface area contributed by atoms with Crippen LogP contribution in [0.4, 0.5) is 5.82 Å². The van der Waals surface area contributed by atoms with Crippen LogP contribution in [-0.2, 0) is 0 Å². The highest BCUT2D eigenvalue weighted by molar-refractivity contribution is 6.33. The molecule has 1 heterocycles. The molecule has 0 amide bonds. The molecule has 0 aromatic carbocycles. The highest BCUT2D eigenvalue weighted by atomic mass is 35.5. The van der Waals surface area contributed by atoms with Crippen molar-refractivity contribution in [1.29, 1.82) is 0 Å². The maximum absolute atomic E-state index is 5.87. The average molecular weight is 185 g/mol. The summed E-state index contributed by atoms with van der Waals surface area (Å²) in [5, 5.41) is 4.28. The van der Waals surface area contributed by atoms with E-state index in [0.717, 1.165) is 0 Å². The van der Waals surface area contributed by atoms with Crippen LogP contribution in [-0.4, -0.2) is 18.7 Å². The smallest absolute Gasteiger partial charge is 0.191 e. The van der Waals surface area contributed by atoms with Gasteiger partial charge in [-0.3, -0.25) is 0 Å². The van der Waals surface area contributed by atoms with Crippen LogP contribution in [0.3, 0.4) is 0 Å². The van der Waals surface area contributed by atoms with Crippen LogP contribution >= 0.6 is 11.6 Å². The number of aryl methyl sites for hydroxylation is 1. The summed E-state index contributed by atoms with van der Waals surface area (Å²) in [5.74, 6) is 3.68. The number of terminal acetylenes is 1. The summed E-state index contributed by atoms with van der Waals surface area (Å²) in [6.45, 7) is 2.22. The molecule has 0 unspecified atom stereocenters. The lowest BCUT2D eigenvalue weighted by atomic mass is 10.4. The summed E-state index contributed by atoms with van der Waals surface area (Å²) in [5.41, 5.74) is 0. The van der Waals surface area contributed by atoms with Crippen molar-refractivity contribution in [2.75, 3.05) is 18.5 Å². The fourth-order valence-electron chi connectivity index (χ4n) is 0.798. The summed E-state index contributed by atoms with van der Waals surface area (Å²) in [7, 11) is 1.81. The van der Waals surface area contributed by atoms with E-state index in [9.17, 15) is 0 Å². The lowest BCUT2D eigenvalue weighted by Gasteiger charge is -2.10. The van der Waals surface area contributed by atoms with E-state index in [4.69, 9.17) is 22.5 Å². The lowest BCUT2D eigenvalue weighted by Crippen LogP contribution is -2.17. The van der Waals surface area contributed by atoms with Crippen molar-refractivity contribution >= 4 is 17.4 Å². The van der Waals surface area contributed by atoms with E-state index in [2.05, 4.69) is 11.1 Å². The molecule has 0 saturated heterocycles. The van der Waals surface area contributed by atoms with Gasteiger partial charge in [-0.1, -0.05) is 22.7 Å². The first-order valence-corrected chi connectivity index (χ1v) is 3.81. The van der Waals surface area contributed by atoms with Gasteiger partial charge in [-0.25, -0.2) is 0 Å². The topological polar surface area (TPSA) is 29.3 Å². The van der Waals surface area contributed by atoms with Crippen molar-refractivity contribution in [2.24, 2.45) is 0 Å². The molecule has 0 aliphatic heterocycles. The molecule has 12 heavy (non-hydrogen) atoms. The minimum atomic E-state index is 0.464. The van der Waals surface area contributed by atoms with E-state index in [1.807, 2.05) is 7.05 Å². The quantitative estimate of drug-likeness (QED) is 0.656. The number of rotatable bonds is 2. The van der Waals surface area contributed by atoms with Crippen molar-refractivity contribution in [3.8, 4) is 12.3 Å². The summed E-state index contributed by atoms with van der Waals surface area (Å²) < 4.78 is 4.87. The molecular formula is C8H9ClN2O. The molecule has 1 aromatic rings. The summed E-state index contributed by atoms with van der Waals surface area (Å²) in [6, 6.07) is 0. The SMILES string of the molecule is C#CCN(C)c1noc(C)c1Cl. The Morgan fingerprint density at radius 1 is 1.75 bits per heavy atom. The molecule has 0 fully saturated rings. The van der Waals surface area contributed by atoms with Gasteiger partial charge in [0.1, 0.15) is 5.02 Å². The van der Waals surface area contributed by atoms with Gasteiger partial charge in [0.15, 0.2) is 11.6 Å². The van der Waals surface area contributed by atoms with Crippen LogP contribution in [0.25, 0.3) is 0 Å². The minimum Gasteiger partial charge on any atom is -0.358 e. The molecule has 64 valence electrons. The number of aromatic nitrogens is 1. The molecule has 0 N–H and O–H groups in total. The molecule has 0 aliphatic rings. The number of anilines is 1. The minimum absolute atomic E-state index is 0.464. The van der Waals surface area contributed by atoms with E-state index in [0.29, 0.717) is 23.1 Å². The zero-order valence-electron chi connectivity index (χ0n) is 6.97. The van der Waals surface area contributed by atoms with Crippen LogP contribution < -0.4 is 4.90 Å². The van der Waals surface area contributed by atoms with Crippen LogP contribution in [0.5, 0.6) is 0 Å². The van der Waals surface area contributed by atoms with Gasteiger partial charge in [0.25, 0.3) is 0 Å². The maximum atomic E-state index is 5.87. The van der Waals surface area contributed by atoms with Crippen molar-refractivity contribution in [1.82, 2.24) is 5.16 Å². The summed E-state index contributed by atoms with van der Waals surface area (Å²) in [6.07, 6.45) is 5.13. The lowest BCUT2D eigenvalue weighted by molar-refractivity contribution is 0.398. The molecule has 4 heteroatoms. The predicted octanol–water partition coefficient (Wildman–Crippen LogP) is 1.71. The van der Waals surface area contributed by atoms with Crippen molar-refractivity contribution in [2.45, 2.75) is 6.92 Å². The van der Waals surface area contributed by atoms with Crippen LogP contribution in [0.1, 0.15) is 5.76 Å². The molecule has 0 atom stereocenters. The van der Waals surface area contributed by atoms with E-state index in [-0.39, 0.29) is 0 Å². The molecule has 0 spiro atoms. The monoisotopic (exact) mass is 184 g/mol. The first-order valence-electron chi connectivity index (χ1n) is 3.43. The van der Waals surface area contributed by atoms with Gasteiger partial charge >= 0.3 is 0 Å². The molecule has 0 radical (unpaired) electrons.